The van der Waals surface area contributed by atoms with Gasteiger partial charge in [0.15, 0.2) is 5.17 Å². The third-order valence-corrected chi connectivity index (χ3v) is 5.20. The fourth-order valence-electron chi connectivity index (χ4n) is 2.73. The van der Waals surface area contributed by atoms with Gasteiger partial charge >= 0.3 is 0 Å². The Morgan fingerprint density at radius 2 is 1.96 bits per heavy atom. The van der Waals surface area contributed by atoms with Crippen molar-refractivity contribution in [2.45, 2.75) is 25.0 Å². The zero-order valence-corrected chi connectivity index (χ0v) is 16.0. The number of aliphatic imine (C=N–C) groups is 1. The molecule has 1 heterocycles. The number of para-hydroxylation sites is 1. The lowest BCUT2D eigenvalue weighted by atomic mass is 10.2. The molecule has 1 N–H and O–H groups in total. The number of anilines is 1. The molecule has 146 valence electrons. The van der Waals surface area contributed by atoms with Gasteiger partial charge in [-0.15, -0.1) is 0 Å². The van der Waals surface area contributed by atoms with Crippen molar-refractivity contribution < 1.29 is 18.4 Å². The van der Waals surface area contributed by atoms with Gasteiger partial charge in [0, 0.05) is 19.0 Å². The Morgan fingerprint density at radius 1 is 1.21 bits per heavy atom. The molecule has 1 aliphatic heterocycles. The minimum Gasteiger partial charge on any atom is -0.324 e. The SMILES string of the molecule is CCCN1C(=O)C(CC(=O)Nc2ccc(F)cc2F)SC1=Nc1ccccc1. The number of benzene rings is 2. The monoisotopic (exact) mass is 403 g/mol. The highest BCUT2D eigenvalue weighted by molar-refractivity contribution is 8.15. The molecule has 1 atom stereocenters. The summed E-state index contributed by atoms with van der Waals surface area (Å²) in [6.07, 6.45) is 0.619. The number of carbonyl (C=O) groups excluding carboxylic acids is 2. The number of thioether (sulfide) groups is 1. The lowest BCUT2D eigenvalue weighted by Gasteiger charge is -2.15. The Balaban J connectivity index is 1.72. The standard InChI is InChI=1S/C20H19F2N3O2S/c1-2-10-25-19(27)17(28-20(25)23-14-6-4-3-5-7-14)12-18(26)24-16-9-8-13(21)11-15(16)22/h3-9,11,17H,2,10,12H2,1H3,(H,24,26). The first kappa shape index (κ1) is 20.0. The third-order valence-electron chi connectivity index (χ3n) is 4.02. The van der Waals surface area contributed by atoms with Crippen molar-refractivity contribution >= 4 is 40.1 Å². The van der Waals surface area contributed by atoms with Crippen molar-refractivity contribution in [2.75, 3.05) is 11.9 Å². The van der Waals surface area contributed by atoms with Crippen LogP contribution in [-0.2, 0) is 9.59 Å². The Labute approximate surface area is 165 Å². The van der Waals surface area contributed by atoms with E-state index < -0.39 is 22.8 Å². The van der Waals surface area contributed by atoms with Crippen molar-refractivity contribution in [3.05, 3.63) is 60.2 Å². The average Bonchev–Trinajstić information content (AvgIpc) is 2.94. The molecule has 2 amide bonds. The van der Waals surface area contributed by atoms with E-state index in [9.17, 15) is 18.4 Å². The zero-order chi connectivity index (χ0) is 20.1. The number of hydrogen-bond donors (Lipinski definition) is 1. The van der Waals surface area contributed by atoms with Crippen LogP contribution in [0.5, 0.6) is 0 Å². The maximum Gasteiger partial charge on any atom is 0.242 e. The van der Waals surface area contributed by atoms with Gasteiger partial charge in [-0.1, -0.05) is 36.9 Å². The van der Waals surface area contributed by atoms with E-state index in [1.165, 1.54) is 11.8 Å². The normalized spacial score (nSPS) is 18.0. The number of carbonyl (C=O) groups is 2. The van der Waals surface area contributed by atoms with Gasteiger partial charge < -0.3 is 5.32 Å². The molecule has 0 aliphatic carbocycles. The number of halogens is 2. The minimum atomic E-state index is -0.863. The van der Waals surface area contributed by atoms with E-state index in [2.05, 4.69) is 10.3 Å². The molecule has 3 rings (SSSR count). The lowest BCUT2D eigenvalue weighted by Crippen LogP contribution is -2.34. The molecule has 5 nitrogen and oxygen atoms in total. The van der Waals surface area contributed by atoms with Crippen molar-refractivity contribution in [1.82, 2.24) is 4.90 Å². The summed E-state index contributed by atoms with van der Waals surface area (Å²) in [5, 5.41) is 2.30. The Kier molecular flexibility index (Phi) is 6.41. The highest BCUT2D eigenvalue weighted by Crippen LogP contribution is 2.32. The summed E-state index contributed by atoms with van der Waals surface area (Å²) in [6.45, 7) is 2.46. The number of nitrogens with one attached hydrogen (secondary N) is 1. The van der Waals surface area contributed by atoms with Gasteiger partial charge in [-0.3, -0.25) is 14.5 Å². The Bertz CT molecular complexity index is 906. The smallest absolute Gasteiger partial charge is 0.242 e. The van der Waals surface area contributed by atoms with E-state index in [0.717, 1.165) is 24.2 Å². The van der Waals surface area contributed by atoms with Crippen LogP contribution in [0.3, 0.4) is 0 Å². The van der Waals surface area contributed by atoms with E-state index in [1.54, 1.807) is 4.90 Å². The van der Waals surface area contributed by atoms with Crippen molar-refractivity contribution in [1.29, 1.82) is 0 Å². The van der Waals surface area contributed by atoms with Crippen LogP contribution in [0.15, 0.2) is 53.5 Å². The first-order valence-electron chi connectivity index (χ1n) is 8.84. The van der Waals surface area contributed by atoms with Crippen molar-refractivity contribution in [3.8, 4) is 0 Å². The summed E-state index contributed by atoms with van der Waals surface area (Å²) in [5.74, 6) is -2.31. The van der Waals surface area contributed by atoms with E-state index in [-0.39, 0.29) is 18.0 Å². The fraction of sp³-hybridized carbons (Fsp3) is 0.250. The highest BCUT2D eigenvalue weighted by Gasteiger charge is 2.38. The second-order valence-corrected chi connectivity index (χ2v) is 7.37. The number of rotatable bonds is 6. The molecule has 2 aromatic rings. The van der Waals surface area contributed by atoms with E-state index in [0.29, 0.717) is 17.8 Å². The predicted molar refractivity (Wildman–Crippen MR) is 107 cm³/mol. The summed E-state index contributed by atoms with van der Waals surface area (Å²) in [6, 6.07) is 12.2. The third kappa shape index (κ3) is 4.75. The Hall–Kier alpha value is -2.74. The van der Waals surface area contributed by atoms with Gasteiger partial charge in [-0.25, -0.2) is 13.8 Å². The molecular formula is C20H19F2N3O2S. The van der Waals surface area contributed by atoms with Crippen LogP contribution in [0.25, 0.3) is 0 Å². The molecule has 1 fully saturated rings. The van der Waals surface area contributed by atoms with Crippen molar-refractivity contribution in [2.24, 2.45) is 4.99 Å². The molecule has 0 saturated carbocycles. The summed E-state index contributed by atoms with van der Waals surface area (Å²) in [7, 11) is 0. The quantitative estimate of drug-likeness (QED) is 0.781. The zero-order valence-electron chi connectivity index (χ0n) is 15.2. The molecule has 0 radical (unpaired) electrons. The molecule has 0 aromatic heterocycles. The van der Waals surface area contributed by atoms with E-state index in [1.807, 2.05) is 37.3 Å². The van der Waals surface area contributed by atoms with Gasteiger partial charge in [0.2, 0.25) is 11.8 Å². The van der Waals surface area contributed by atoms with Gasteiger partial charge in [0.05, 0.1) is 11.4 Å². The molecule has 1 unspecified atom stereocenters. The van der Waals surface area contributed by atoms with Gasteiger partial charge in [0.1, 0.15) is 16.9 Å². The predicted octanol–water partition coefficient (Wildman–Crippen LogP) is 4.34. The molecule has 28 heavy (non-hydrogen) atoms. The number of hydrogen-bond acceptors (Lipinski definition) is 4. The molecule has 1 aliphatic rings. The summed E-state index contributed by atoms with van der Waals surface area (Å²) >= 11 is 1.22. The van der Waals surface area contributed by atoms with Crippen LogP contribution in [0.1, 0.15) is 19.8 Å². The van der Waals surface area contributed by atoms with Crippen LogP contribution in [-0.4, -0.2) is 33.7 Å². The molecule has 0 spiro atoms. The molecule has 8 heteroatoms. The molecule has 0 bridgehead atoms. The average molecular weight is 403 g/mol. The minimum absolute atomic E-state index is 0.120. The molecule has 2 aromatic carbocycles. The van der Waals surface area contributed by atoms with Gasteiger partial charge in [-0.2, -0.15) is 0 Å². The maximum absolute atomic E-state index is 13.7. The Morgan fingerprint density at radius 3 is 2.64 bits per heavy atom. The van der Waals surface area contributed by atoms with Crippen LogP contribution in [0, 0.1) is 11.6 Å². The van der Waals surface area contributed by atoms with Crippen LogP contribution in [0.2, 0.25) is 0 Å². The summed E-state index contributed by atoms with van der Waals surface area (Å²) in [4.78, 5) is 31.1. The number of amidine groups is 1. The van der Waals surface area contributed by atoms with E-state index in [4.69, 9.17) is 0 Å². The maximum atomic E-state index is 13.7. The van der Waals surface area contributed by atoms with Crippen molar-refractivity contribution in [3.63, 3.8) is 0 Å². The highest BCUT2D eigenvalue weighted by atomic mass is 32.2. The first-order valence-corrected chi connectivity index (χ1v) is 9.72. The van der Waals surface area contributed by atoms with Crippen LogP contribution in [0.4, 0.5) is 20.2 Å². The number of amides is 2. The topological polar surface area (TPSA) is 61.8 Å². The summed E-state index contributed by atoms with van der Waals surface area (Å²) < 4.78 is 26.7. The molecule has 1 saturated heterocycles. The number of nitrogens with zero attached hydrogens (tertiary/aromatic N) is 2. The summed E-state index contributed by atoms with van der Waals surface area (Å²) in [5.41, 5.74) is 0.600. The van der Waals surface area contributed by atoms with Gasteiger partial charge in [0.25, 0.3) is 0 Å². The van der Waals surface area contributed by atoms with Crippen LogP contribution >= 0.6 is 11.8 Å². The molecular weight excluding hydrogens is 384 g/mol. The second kappa shape index (κ2) is 8.97. The van der Waals surface area contributed by atoms with Gasteiger partial charge in [-0.05, 0) is 30.7 Å². The largest absolute Gasteiger partial charge is 0.324 e. The van der Waals surface area contributed by atoms with Crippen LogP contribution < -0.4 is 5.32 Å². The first-order chi connectivity index (χ1) is 13.5. The lowest BCUT2D eigenvalue weighted by molar-refractivity contribution is -0.128. The second-order valence-electron chi connectivity index (χ2n) is 6.20. The fourth-order valence-corrected chi connectivity index (χ4v) is 3.91. The van der Waals surface area contributed by atoms with E-state index >= 15 is 0 Å².